The fraction of sp³-hybridized carbons (Fsp3) is 0.217. The van der Waals surface area contributed by atoms with E-state index in [1.807, 2.05) is 60.7 Å². The Morgan fingerprint density at radius 2 is 1.75 bits per heavy atom. The van der Waals surface area contributed by atoms with Crippen LogP contribution in [0.3, 0.4) is 0 Å². The minimum atomic E-state index is -0.249. The molecule has 3 aromatic rings. The van der Waals surface area contributed by atoms with Gasteiger partial charge in [0, 0.05) is 29.9 Å². The number of nitrogens with zero attached hydrogens (tertiary/aromatic N) is 2. The van der Waals surface area contributed by atoms with Crippen LogP contribution in [0.4, 0.5) is 5.69 Å². The standard InChI is InChI=1S/C23H25N3O2/c1-4-26(5-2)19-13-10-18(11-14-19)23(27)25-24-16-21-20-9-7-6-8-17(20)12-15-22(21)28-3/h6-16H,4-5H2,1-3H3,(H,25,27). The summed E-state index contributed by atoms with van der Waals surface area (Å²) >= 11 is 0. The molecule has 0 aliphatic carbocycles. The van der Waals surface area contributed by atoms with Crippen LogP contribution < -0.4 is 15.1 Å². The van der Waals surface area contributed by atoms with Crippen molar-refractivity contribution in [3.8, 4) is 5.75 Å². The molecule has 0 aliphatic rings. The minimum Gasteiger partial charge on any atom is -0.496 e. The van der Waals surface area contributed by atoms with Crippen LogP contribution in [0.2, 0.25) is 0 Å². The summed E-state index contributed by atoms with van der Waals surface area (Å²) in [4.78, 5) is 14.6. The van der Waals surface area contributed by atoms with Gasteiger partial charge in [0.25, 0.3) is 5.91 Å². The van der Waals surface area contributed by atoms with Crippen molar-refractivity contribution in [2.75, 3.05) is 25.1 Å². The number of hydrazone groups is 1. The van der Waals surface area contributed by atoms with Crippen molar-refractivity contribution in [3.63, 3.8) is 0 Å². The Morgan fingerprint density at radius 3 is 2.43 bits per heavy atom. The molecule has 0 saturated heterocycles. The molecule has 0 aromatic heterocycles. The van der Waals surface area contributed by atoms with Crippen LogP contribution in [0.15, 0.2) is 65.8 Å². The second-order valence-electron chi connectivity index (χ2n) is 6.32. The smallest absolute Gasteiger partial charge is 0.271 e. The quantitative estimate of drug-likeness (QED) is 0.490. The van der Waals surface area contributed by atoms with E-state index in [0.29, 0.717) is 11.3 Å². The maximum Gasteiger partial charge on any atom is 0.271 e. The molecular weight excluding hydrogens is 350 g/mol. The maximum absolute atomic E-state index is 12.4. The van der Waals surface area contributed by atoms with Gasteiger partial charge >= 0.3 is 0 Å². The van der Waals surface area contributed by atoms with Gasteiger partial charge < -0.3 is 9.64 Å². The van der Waals surface area contributed by atoms with E-state index in [1.165, 1.54) is 0 Å². The molecule has 1 amide bonds. The lowest BCUT2D eigenvalue weighted by Crippen LogP contribution is -2.22. The van der Waals surface area contributed by atoms with Gasteiger partial charge in [-0.15, -0.1) is 0 Å². The van der Waals surface area contributed by atoms with E-state index in [-0.39, 0.29) is 5.91 Å². The monoisotopic (exact) mass is 375 g/mol. The molecule has 0 bridgehead atoms. The Hall–Kier alpha value is -3.34. The second-order valence-corrected chi connectivity index (χ2v) is 6.32. The number of rotatable bonds is 7. The molecule has 28 heavy (non-hydrogen) atoms. The number of methoxy groups -OCH3 is 1. The van der Waals surface area contributed by atoms with E-state index < -0.39 is 0 Å². The number of benzene rings is 3. The van der Waals surface area contributed by atoms with Gasteiger partial charge in [-0.3, -0.25) is 4.79 Å². The number of amides is 1. The molecule has 0 spiro atoms. The van der Waals surface area contributed by atoms with Crippen molar-refractivity contribution in [1.82, 2.24) is 5.43 Å². The van der Waals surface area contributed by atoms with Crippen molar-refractivity contribution < 1.29 is 9.53 Å². The van der Waals surface area contributed by atoms with Crippen molar-refractivity contribution in [1.29, 1.82) is 0 Å². The van der Waals surface area contributed by atoms with Gasteiger partial charge in [-0.2, -0.15) is 5.10 Å². The van der Waals surface area contributed by atoms with Gasteiger partial charge in [0.1, 0.15) is 5.75 Å². The van der Waals surface area contributed by atoms with Gasteiger partial charge in [0.2, 0.25) is 0 Å². The summed E-state index contributed by atoms with van der Waals surface area (Å²) in [6, 6.07) is 19.4. The summed E-state index contributed by atoms with van der Waals surface area (Å²) in [5, 5.41) is 6.25. The van der Waals surface area contributed by atoms with Crippen LogP contribution in [0, 0.1) is 0 Å². The van der Waals surface area contributed by atoms with E-state index in [4.69, 9.17) is 4.74 Å². The van der Waals surface area contributed by atoms with Crippen LogP contribution in [0.5, 0.6) is 5.75 Å². The van der Waals surface area contributed by atoms with E-state index in [1.54, 1.807) is 13.3 Å². The number of carbonyl (C=O) groups is 1. The summed E-state index contributed by atoms with van der Waals surface area (Å²) in [5.41, 5.74) is 5.10. The Morgan fingerprint density at radius 1 is 1.04 bits per heavy atom. The number of hydrogen-bond donors (Lipinski definition) is 1. The molecule has 0 fully saturated rings. The SMILES string of the molecule is CCN(CC)c1ccc(C(=O)NN=Cc2c(OC)ccc3ccccc23)cc1. The summed E-state index contributed by atoms with van der Waals surface area (Å²) in [7, 11) is 1.62. The average Bonchev–Trinajstić information content (AvgIpc) is 2.75. The molecule has 0 heterocycles. The molecule has 1 N–H and O–H groups in total. The van der Waals surface area contributed by atoms with Gasteiger partial charge in [-0.25, -0.2) is 5.43 Å². The third kappa shape index (κ3) is 4.14. The summed E-state index contributed by atoms with van der Waals surface area (Å²) in [6.07, 6.45) is 1.63. The summed E-state index contributed by atoms with van der Waals surface area (Å²) in [6.45, 7) is 6.08. The number of hydrogen-bond acceptors (Lipinski definition) is 4. The molecule has 0 radical (unpaired) electrons. The zero-order valence-corrected chi connectivity index (χ0v) is 16.5. The Kier molecular flexibility index (Phi) is 6.27. The van der Waals surface area contributed by atoms with E-state index in [0.717, 1.165) is 35.1 Å². The van der Waals surface area contributed by atoms with Crippen LogP contribution in [-0.2, 0) is 0 Å². The highest BCUT2D eigenvalue weighted by Crippen LogP contribution is 2.26. The minimum absolute atomic E-state index is 0.249. The third-order valence-corrected chi connectivity index (χ3v) is 4.77. The molecule has 0 atom stereocenters. The first-order chi connectivity index (χ1) is 13.7. The van der Waals surface area contributed by atoms with Crippen molar-refractivity contribution in [2.45, 2.75) is 13.8 Å². The first-order valence-electron chi connectivity index (χ1n) is 9.42. The normalized spacial score (nSPS) is 11.0. The van der Waals surface area contributed by atoms with Crippen LogP contribution in [0.25, 0.3) is 10.8 Å². The molecule has 0 saturated carbocycles. The zero-order chi connectivity index (χ0) is 19.9. The highest BCUT2D eigenvalue weighted by atomic mass is 16.5. The number of fused-ring (bicyclic) bond motifs is 1. The highest BCUT2D eigenvalue weighted by Gasteiger charge is 2.08. The number of nitrogens with one attached hydrogen (secondary N) is 1. The average molecular weight is 375 g/mol. The molecular formula is C23H25N3O2. The van der Waals surface area contributed by atoms with Gasteiger partial charge in [0.05, 0.1) is 13.3 Å². The van der Waals surface area contributed by atoms with Crippen molar-refractivity contribution in [2.24, 2.45) is 5.10 Å². The Balaban J connectivity index is 1.76. The Labute approximate surface area is 165 Å². The van der Waals surface area contributed by atoms with Crippen LogP contribution in [-0.4, -0.2) is 32.3 Å². The second kappa shape index (κ2) is 9.04. The number of anilines is 1. The van der Waals surface area contributed by atoms with E-state index in [2.05, 4.69) is 29.3 Å². The predicted molar refractivity (Wildman–Crippen MR) is 116 cm³/mol. The topological polar surface area (TPSA) is 53.9 Å². The summed E-state index contributed by atoms with van der Waals surface area (Å²) < 4.78 is 5.44. The lowest BCUT2D eigenvalue weighted by Gasteiger charge is -2.20. The van der Waals surface area contributed by atoms with Crippen LogP contribution in [0.1, 0.15) is 29.8 Å². The largest absolute Gasteiger partial charge is 0.496 e. The lowest BCUT2D eigenvalue weighted by molar-refractivity contribution is 0.0955. The van der Waals surface area contributed by atoms with E-state index >= 15 is 0 Å². The molecule has 144 valence electrons. The molecule has 5 heteroatoms. The molecule has 5 nitrogen and oxygen atoms in total. The van der Waals surface area contributed by atoms with Crippen LogP contribution >= 0.6 is 0 Å². The fourth-order valence-corrected chi connectivity index (χ4v) is 3.22. The number of ether oxygens (including phenoxy) is 1. The number of carbonyl (C=O) groups excluding carboxylic acids is 1. The highest BCUT2D eigenvalue weighted by molar-refractivity contribution is 6.03. The van der Waals surface area contributed by atoms with E-state index in [9.17, 15) is 4.79 Å². The third-order valence-electron chi connectivity index (χ3n) is 4.77. The van der Waals surface area contributed by atoms with Crippen molar-refractivity contribution >= 4 is 28.6 Å². The predicted octanol–water partition coefficient (Wildman–Crippen LogP) is 4.46. The van der Waals surface area contributed by atoms with Gasteiger partial charge in [-0.1, -0.05) is 30.3 Å². The van der Waals surface area contributed by atoms with Gasteiger partial charge in [0.15, 0.2) is 0 Å². The zero-order valence-electron chi connectivity index (χ0n) is 16.5. The maximum atomic E-state index is 12.4. The first-order valence-corrected chi connectivity index (χ1v) is 9.42. The Bertz CT molecular complexity index is 977. The molecule has 0 aliphatic heterocycles. The van der Waals surface area contributed by atoms with Gasteiger partial charge in [-0.05, 0) is 55.0 Å². The summed E-state index contributed by atoms with van der Waals surface area (Å²) in [5.74, 6) is 0.460. The molecule has 3 rings (SSSR count). The fourth-order valence-electron chi connectivity index (χ4n) is 3.22. The van der Waals surface area contributed by atoms with Crippen molar-refractivity contribution in [3.05, 3.63) is 71.8 Å². The molecule has 0 unspecified atom stereocenters. The molecule has 3 aromatic carbocycles. The lowest BCUT2D eigenvalue weighted by atomic mass is 10.0. The first kappa shape index (κ1) is 19.4.